The molecule has 2 nitrogen and oxygen atoms in total. The van der Waals surface area contributed by atoms with Crippen molar-refractivity contribution in [2.75, 3.05) is 24.6 Å². The summed E-state index contributed by atoms with van der Waals surface area (Å²) in [6, 6.07) is 15.0. The van der Waals surface area contributed by atoms with Crippen LogP contribution in [-0.4, -0.2) is 35.3 Å². The Bertz CT molecular complexity index is 633. The van der Waals surface area contributed by atoms with Gasteiger partial charge in [-0.3, -0.25) is 9.69 Å². The first-order chi connectivity index (χ1) is 10.7. The van der Waals surface area contributed by atoms with Crippen LogP contribution in [0.1, 0.15) is 21.5 Å². The number of hydrogen-bond acceptors (Lipinski definition) is 3. The van der Waals surface area contributed by atoms with E-state index in [9.17, 15) is 4.79 Å². The maximum atomic E-state index is 12.4. The topological polar surface area (TPSA) is 20.3 Å². The highest BCUT2D eigenvalue weighted by atomic mass is 35.5. The van der Waals surface area contributed by atoms with Crippen LogP contribution in [0, 0.1) is 0 Å². The van der Waals surface area contributed by atoms with E-state index in [4.69, 9.17) is 11.6 Å². The van der Waals surface area contributed by atoms with E-state index in [-0.39, 0.29) is 5.78 Å². The molecule has 0 N–H and O–H groups in total. The maximum Gasteiger partial charge on any atom is 0.193 e. The fraction of sp³-hybridized carbons (Fsp3) is 0.278. The lowest BCUT2D eigenvalue weighted by Crippen LogP contribution is -2.31. The molecule has 4 heteroatoms. The summed E-state index contributed by atoms with van der Waals surface area (Å²) >= 11 is 7.88. The van der Waals surface area contributed by atoms with Gasteiger partial charge < -0.3 is 0 Å². The molecule has 0 amide bonds. The lowest BCUT2D eigenvalue weighted by Gasteiger charge is -2.26. The van der Waals surface area contributed by atoms with Gasteiger partial charge in [-0.25, -0.2) is 0 Å². The number of thioether (sulfide) groups is 1. The molecule has 2 aromatic rings. The summed E-state index contributed by atoms with van der Waals surface area (Å²) in [5.41, 5.74) is 2.66. The Kier molecular flexibility index (Phi) is 5.19. The van der Waals surface area contributed by atoms with Crippen LogP contribution in [0.4, 0.5) is 0 Å². The zero-order valence-corrected chi connectivity index (χ0v) is 13.9. The van der Waals surface area contributed by atoms with Gasteiger partial charge in [-0.15, -0.1) is 0 Å². The lowest BCUT2D eigenvalue weighted by atomic mass is 10.0. The highest BCUT2D eigenvalue weighted by molar-refractivity contribution is 7.99. The molecule has 114 valence electrons. The molecule has 1 aliphatic rings. The Morgan fingerprint density at radius 2 is 1.50 bits per heavy atom. The number of nitrogens with zero attached hydrogens (tertiary/aromatic N) is 1. The molecule has 0 aliphatic carbocycles. The Labute approximate surface area is 140 Å². The van der Waals surface area contributed by atoms with Gasteiger partial charge in [-0.1, -0.05) is 35.9 Å². The third kappa shape index (κ3) is 3.92. The van der Waals surface area contributed by atoms with Crippen molar-refractivity contribution >= 4 is 29.1 Å². The summed E-state index contributed by atoms with van der Waals surface area (Å²) in [6.07, 6.45) is 0. The normalized spacial score (nSPS) is 15.7. The Morgan fingerprint density at radius 1 is 0.955 bits per heavy atom. The van der Waals surface area contributed by atoms with Crippen molar-refractivity contribution in [2.24, 2.45) is 0 Å². The number of carbonyl (C=O) groups excluding carboxylic acids is 1. The Morgan fingerprint density at radius 3 is 2.09 bits per heavy atom. The predicted molar refractivity (Wildman–Crippen MR) is 93.9 cm³/mol. The van der Waals surface area contributed by atoms with E-state index in [1.807, 2.05) is 23.9 Å². The van der Waals surface area contributed by atoms with Crippen LogP contribution in [0.2, 0.25) is 5.02 Å². The molecule has 1 aliphatic heterocycles. The number of benzene rings is 2. The van der Waals surface area contributed by atoms with E-state index in [1.165, 1.54) is 17.1 Å². The van der Waals surface area contributed by atoms with Crippen LogP contribution in [0.5, 0.6) is 0 Å². The minimum Gasteiger partial charge on any atom is -0.297 e. The molecule has 0 saturated carbocycles. The van der Waals surface area contributed by atoms with Gasteiger partial charge in [0, 0.05) is 47.3 Å². The van der Waals surface area contributed by atoms with Crippen LogP contribution >= 0.6 is 23.4 Å². The quantitative estimate of drug-likeness (QED) is 0.786. The summed E-state index contributed by atoms with van der Waals surface area (Å²) in [4.78, 5) is 14.9. The number of carbonyl (C=O) groups is 1. The van der Waals surface area contributed by atoms with Crippen LogP contribution in [0.3, 0.4) is 0 Å². The minimum atomic E-state index is 0.0394. The number of halogens is 1. The molecule has 1 saturated heterocycles. The standard InChI is InChI=1S/C18H18ClNOS/c19-17-7-5-16(6-8-17)18(21)15-3-1-14(2-4-15)13-20-9-11-22-12-10-20/h1-8H,9-13H2. The van der Waals surface area contributed by atoms with Crippen molar-refractivity contribution in [1.29, 1.82) is 0 Å². The highest BCUT2D eigenvalue weighted by Gasteiger charge is 2.12. The molecule has 22 heavy (non-hydrogen) atoms. The lowest BCUT2D eigenvalue weighted by molar-refractivity contribution is 0.103. The summed E-state index contributed by atoms with van der Waals surface area (Å²) in [5.74, 6) is 2.47. The van der Waals surface area contributed by atoms with Crippen LogP contribution in [0.25, 0.3) is 0 Å². The van der Waals surface area contributed by atoms with Crippen molar-refractivity contribution in [2.45, 2.75) is 6.54 Å². The molecule has 0 spiro atoms. The largest absolute Gasteiger partial charge is 0.297 e. The van der Waals surface area contributed by atoms with E-state index in [2.05, 4.69) is 17.0 Å². The van der Waals surface area contributed by atoms with E-state index in [0.29, 0.717) is 10.6 Å². The minimum absolute atomic E-state index is 0.0394. The molecule has 0 atom stereocenters. The van der Waals surface area contributed by atoms with Crippen molar-refractivity contribution in [1.82, 2.24) is 4.90 Å². The van der Waals surface area contributed by atoms with Crippen molar-refractivity contribution in [3.63, 3.8) is 0 Å². The van der Waals surface area contributed by atoms with Crippen LogP contribution < -0.4 is 0 Å². The summed E-state index contributed by atoms with van der Waals surface area (Å²) in [6.45, 7) is 3.27. The van der Waals surface area contributed by atoms with Gasteiger partial charge in [0.25, 0.3) is 0 Å². The molecule has 1 fully saturated rings. The van der Waals surface area contributed by atoms with Crippen molar-refractivity contribution < 1.29 is 4.79 Å². The number of hydrogen-bond donors (Lipinski definition) is 0. The first kappa shape index (κ1) is 15.6. The van der Waals surface area contributed by atoms with Crippen molar-refractivity contribution in [3.8, 4) is 0 Å². The summed E-state index contributed by atoms with van der Waals surface area (Å²) in [5, 5.41) is 0.645. The van der Waals surface area contributed by atoms with Gasteiger partial charge in [0.15, 0.2) is 5.78 Å². The van der Waals surface area contributed by atoms with Crippen LogP contribution in [0.15, 0.2) is 48.5 Å². The average molecular weight is 332 g/mol. The number of rotatable bonds is 4. The second kappa shape index (κ2) is 7.32. The first-order valence-corrected chi connectivity index (χ1v) is 8.95. The fourth-order valence-electron chi connectivity index (χ4n) is 2.55. The second-order valence-corrected chi connectivity index (χ2v) is 7.08. The monoisotopic (exact) mass is 331 g/mol. The van der Waals surface area contributed by atoms with Gasteiger partial charge in [0.05, 0.1) is 0 Å². The first-order valence-electron chi connectivity index (χ1n) is 7.42. The summed E-state index contributed by atoms with van der Waals surface area (Å²) in [7, 11) is 0. The SMILES string of the molecule is O=C(c1ccc(Cl)cc1)c1ccc(CN2CCSCC2)cc1. The van der Waals surface area contributed by atoms with E-state index in [0.717, 1.165) is 25.2 Å². The van der Waals surface area contributed by atoms with Gasteiger partial charge in [0.1, 0.15) is 0 Å². The van der Waals surface area contributed by atoms with Crippen LogP contribution in [-0.2, 0) is 6.54 Å². The van der Waals surface area contributed by atoms with Gasteiger partial charge >= 0.3 is 0 Å². The van der Waals surface area contributed by atoms with Gasteiger partial charge in [0.2, 0.25) is 0 Å². The molecule has 0 unspecified atom stereocenters. The zero-order valence-electron chi connectivity index (χ0n) is 12.3. The molecular weight excluding hydrogens is 314 g/mol. The van der Waals surface area contributed by atoms with E-state index >= 15 is 0 Å². The van der Waals surface area contributed by atoms with Gasteiger partial charge in [-0.05, 0) is 29.8 Å². The van der Waals surface area contributed by atoms with Crippen molar-refractivity contribution in [3.05, 3.63) is 70.2 Å². The molecule has 0 bridgehead atoms. The second-order valence-electron chi connectivity index (χ2n) is 5.42. The Balaban J connectivity index is 1.68. The van der Waals surface area contributed by atoms with E-state index in [1.54, 1.807) is 24.3 Å². The third-order valence-corrected chi connectivity index (χ3v) is 5.03. The third-order valence-electron chi connectivity index (χ3n) is 3.83. The molecule has 0 radical (unpaired) electrons. The molecule has 3 rings (SSSR count). The molecule has 2 aromatic carbocycles. The Hall–Kier alpha value is -1.29. The molecule has 0 aromatic heterocycles. The van der Waals surface area contributed by atoms with E-state index < -0.39 is 0 Å². The number of ketones is 1. The molecular formula is C18H18ClNOS. The summed E-state index contributed by atoms with van der Waals surface area (Å²) < 4.78 is 0. The highest BCUT2D eigenvalue weighted by Crippen LogP contribution is 2.16. The molecule has 1 heterocycles. The zero-order chi connectivity index (χ0) is 15.4. The fourth-order valence-corrected chi connectivity index (χ4v) is 3.65. The average Bonchev–Trinajstić information content (AvgIpc) is 2.57. The smallest absolute Gasteiger partial charge is 0.193 e. The van der Waals surface area contributed by atoms with Gasteiger partial charge in [-0.2, -0.15) is 11.8 Å². The maximum absolute atomic E-state index is 12.4. The predicted octanol–water partition coefficient (Wildman–Crippen LogP) is 4.12.